The first-order valence-corrected chi connectivity index (χ1v) is 4.97. The molecule has 1 aromatic rings. The van der Waals surface area contributed by atoms with Crippen molar-refractivity contribution >= 4 is 11.8 Å². The molecule has 1 aromatic heterocycles. The minimum atomic E-state index is 0.319. The van der Waals surface area contributed by atoms with Gasteiger partial charge in [-0.15, -0.1) is 10.2 Å². The van der Waals surface area contributed by atoms with Gasteiger partial charge in [0.15, 0.2) is 0 Å². The predicted octanol–water partition coefficient (Wildman–Crippen LogP) is 2.69. The Morgan fingerprint density at radius 1 is 1.17 bits per heavy atom. The van der Waals surface area contributed by atoms with Crippen LogP contribution in [0.15, 0.2) is 9.64 Å². The molecule has 3 nitrogen and oxygen atoms in total. The molecule has 0 aliphatic carbocycles. The van der Waals surface area contributed by atoms with Crippen LogP contribution in [0.3, 0.4) is 0 Å². The standard InChI is InChI=1S/C8H14N2OS/c1-5(2)7-9-10-8(11-7)12-6(3)4/h5-6H,1-4H3. The van der Waals surface area contributed by atoms with E-state index in [0.29, 0.717) is 16.4 Å². The van der Waals surface area contributed by atoms with Gasteiger partial charge in [0.25, 0.3) is 5.22 Å². The van der Waals surface area contributed by atoms with Gasteiger partial charge < -0.3 is 4.42 Å². The fraction of sp³-hybridized carbons (Fsp3) is 0.750. The summed E-state index contributed by atoms with van der Waals surface area (Å²) in [5.74, 6) is 1.04. The molecule has 12 heavy (non-hydrogen) atoms. The SMILES string of the molecule is CC(C)Sc1nnc(C(C)C)o1. The van der Waals surface area contributed by atoms with Crippen molar-refractivity contribution in [3.63, 3.8) is 0 Å². The lowest BCUT2D eigenvalue weighted by atomic mass is 10.2. The molecule has 0 aliphatic heterocycles. The Morgan fingerprint density at radius 2 is 1.83 bits per heavy atom. The minimum Gasteiger partial charge on any atom is -0.416 e. The Kier molecular flexibility index (Phi) is 3.14. The smallest absolute Gasteiger partial charge is 0.276 e. The Hall–Kier alpha value is -0.510. The van der Waals surface area contributed by atoms with Crippen LogP contribution in [0.2, 0.25) is 0 Å². The highest BCUT2D eigenvalue weighted by Gasteiger charge is 2.10. The van der Waals surface area contributed by atoms with Crippen molar-refractivity contribution in [2.24, 2.45) is 0 Å². The van der Waals surface area contributed by atoms with Crippen LogP contribution in [-0.4, -0.2) is 15.4 Å². The molecule has 0 aromatic carbocycles. The van der Waals surface area contributed by atoms with Crippen molar-refractivity contribution < 1.29 is 4.42 Å². The van der Waals surface area contributed by atoms with Gasteiger partial charge in [-0.05, 0) is 0 Å². The first kappa shape index (κ1) is 9.58. The van der Waals surface area contributed by atoms with E-state index in [-0.39, 0.29) is 0 Å². The fourth-order valence-corrected chi connectivity index (χ4v) is 1.33. The van der Waals surface area contributed by atoms with Crippen LogP contribution < -0.4 is 0 Å². The maximum Gasteiger partial charge on any atom is 0.276 e. The molecule has 1 rings (SSSR count). The Balaban J connectivity index is 2.64. The molecule has 0 aliphatic rings. The highest BCUT2D eigenvalue weighted by Crippen LogP contribution is 2.23. The zero-order valence-corrected chi connectivity index (χ0v) is 8.68. The summed E-state index contributed by atoms with van der Waals surface area (Å²) in [5.41, 5.74) is 0. The van der Waals surface area contributed by atoms with E-state index in [1.165, 1.54) is 0 Å². The van der Waals surface area contributed by atoms with E-state index in [9.17, 15) is 0 Å². The van der Waals surface area contributed by atoms with Gasteiger partial charge >= 0.3 is 0 Å². The number of hydrogen-bond acceptors (Lipinski definition) is 4. The largest absolute Gasteiger partial charge is 0.416 e. The molecule has 0 bridgehead atoms. The Labute approximate surface area is 76.9 Å². The first-order valence-electron chi connectivity index (χ1n) is 4.09. The molecule has 0 N–H and O–H groups in total. The van der Waals surface area contributed by atoms with Crippen molar-refractivity contribution in [2.45, 2.75) is 44.1 Å². The molecule has 0 saturated heterocycles. The van der Waals surface area contributed by atoms with E-state index in [1.54, 1.807) is 11.8 Å². The van der Waals surface area contributed by atoms with Crippen LogP contribution in [0.25, 0.3) is 0 Å². The normalized spacial score (nSPS) is 11.5. The maximum absolute atomic E-state index is 5.40. The predicted molar refractivity (Wildman–Crippen MR) is 49.4 cm³/mol. The molecule has 4 heteroatoms. The third-order valence-corrected chi connectivity index (χ3v) is 2.09. The van der Waals surface area contributed by atoms with Gasteiger partial charge in [0.1, 0.15) is 0 Å². The van der Waals surface area contributed by atoms with E-state index >= 15 is 0 Å². The van der Waals surface area contributed by atoms with Gasteiger partial charge in [0.05, 0.1) is 0 Å². The topological polar surface area (TPSA) is 38.9 Å². The minimum absolute atomic E-state index is 0.319. The average molecular weight is 186 g/mol. The highest BCUT2D eigenvalue weighted by molar-refractivity contribution is 7.99. The molecule has 0 radical (unpaired) electrons. The van der Waals surface area contributed by atoms with Crippen LogP contribution >= 0.6 is 11.8 Å². The van der Waals surface area contributed by atoms with E-state index in [0.717, 1.165) is 5.89 Å². The van der Waals surface area contributed by atoms with Crippen LogP contribution in [0.5, 0.6) is 0 Å². The summed E-state index contributed by atoms with van der Waals surface area (Å²) in [6.07, 6.45) is 0. The van der Waals surface area contributed by atoms with Crippen molar-refractivity contribution in [2.75, 3.05) is 0 Å². The number of aromatic nitrogens is 2. The van der Waals surface area contributed by atoms with Crippen molar-refractivity contribution in [1.29, 1.82) is 0 Å². The number of nitrogens with zero attached hydrogens (tertiary/aromatic N) is 2. The monoisotopic (exact) mass is 186 g/mol. The fourth-order valence-electron chi connectivity index (χ4n) is 0.703. The molecule has 0 saturated carbocycles. The zero-order valence-electron chi connectivity index (χ0n) is 7.87. The van der Waals surface area contributed by atoms with Gasteiger partial charge in [-0.3, -0.25) is 0 Å². The third kappa shape index (κ3) is 2.52. The Bertz CT molecular complexity index is 245. The highest BCUT2D eigenvalue weighted by atomic mass is 32.2. The van der Waals surface area contributed by atoms with Gasteiger partial charge in [-0.2, -0.15) is 0 Å². The summed E-state index contributed by atoms with van der Waals surface area (Å²) in [4.78, 5) is 0. The second-order valence-electron chi connectivity index (χ2n) is 3.23. The van der Waals surface area contributed by atoms with Gasteiger partial charge in [-0.1, -0.05) is 39.5 Å². The summed E-state index contributed by atoms with van der Waals surface area (Å²) >= 11 is 1.60. The van der Waals surface area contributed by atoms with E-state index in [1.807, 2.05) is 13.8 Å². The molecule has 1 heterocycles. The summed E-state index contributed by atoms with van der Waals surface area (Å²) in [6, 6.07) is 0. The van der Waals surface area contributed by atoms with E-state index in [4.69, 9.17) is 4.42 Å². The molecule has 68 valence electrons. The van der Waals surface area contributed by atoms with Gasteiger partial charge in [0, 0.05) is 11.2 Å². The molecule has 0 atom stereocenters. The number of rotatable bonds is 3. The van der Waals surface area contributed by atoms with Gasteiger partial charge in [-0.25, -0.2) is 0 Å². The van der Waals surface area contributed by atoms with Crippen molar-refractivity contribution in [3.05, 3.63) is 5.89 Å². The lowest BCUT2D eigenvalue weighted by Crippen LogP contribution is -1.85. The van der Waals surface area contributed by atoms with Crippen LogP contribution in [-0.2, 0) is 0 Å². The maximum atomic E-state index is 5.40. The van der Waals surface area contributed by atoms with Crippen molar-refractivity contribution in [1.82, 2.24) is 10.2 Å². The summed E-state index contributed by atoms with van der Waals surface area (Å²) in [5, 5.41) is 9.02. The summed E-state index contributed by atoms with van der Waals surface area (Å²) in [6.45, 7) is 8.28. The molecule has 0 unspecified atom stereocenters. The van der Waals surface area contributed by atoms with Crippen LogP contribution in [0.4, 0.5) is 0 Å². The molecule has 0 spiro atoms. The second-order valence-corrected chi connectivity index (χ2v) is 4.76. The molecule has 0 fully saturated rings. The molecular weight excluding hydrogens is 172 g/mol. The lowest BCUT2D eigenvalue weighted by molar-refractivity contribution is 0.398. The number of thioether (sulfide) groups is 1. The quantitative estimate of drug-likeness (QED) is 0.680. The molecule has 0 amide bonds. The average Bonchev–Trinajstić information content (AvgIpc) is 2.34. The van der Waals surface area contributed by atoms with E-state index in [2.05, 4.69) is 24.0 Å². The summed E-state index contributed by atoms with van der Waals surface area (Å²) < 4.78 is 5.40. The van der Waals surface area contributed by atoms with Crippen LogP contribution in [0, 0.1) is 0 Å². The summed E-state index contributed by atoms with van der Waals surface area (Å²) in [7, 11) is 0. The number of hydrogen-bond donors (Lipinski definition) is 0. The van der Waals surface area contributed by atoms with E-state index < -0.39 is 0 Å². The third-order valence-electron chi connectivity index (χ3n) is 1.25. The molecular formula is C8H14N2OS. The second kappa shape index (κ2) is 3.94. The zero-order chi connectivity index (χ0) is 9.14. The lowest BCUT2D eigenvalue weighted by Gasteiger charge is -1.97. The van der Waals surface area contributed by atoms with Crippen molar-refractivity contribution in [3.8, 4) is 0 Å². The van der Waals surface area contributed by atoms with Crippen LogP contribution in [0.1, 0.15) is 39.5 Å². The Morgan fingerprint density at radius 3 is 2.25 bits per heavy atom. The first-order chi connectivity index (χ1) is 5.59. The van der Waals surface area contributed by atoms with Gasteiger partial charge in [0.2, 0.25) is 5.89 Å².